The van der Waals surface area contributed by atoms with E-state index in [9.17, 15) is 9.59 Å². The lowest BCUT2D eigenvalue weighted by Crippen LogP contribution is -2.39. The Bertz CT molecular complexity index is 442. The number of hydrogen-bond acceptors (Lipinski definition) is 3. The highest BCUT2D eigenvalue weighted by molar-refractivity contribution is 5.30. The molecule has 2 N–H and O–H groups in total. The largest absolute Gasteiger partial charge is 0.393 e. The zero-order chi connectivity index (χ0) is 10.9. The van der Waals surface area contributed by atoms with Gasteiger partial charge < -0.3 is 5.73 Å². The van der Waals surface area contributed by atoms with Crippen LogP contribution in [0.5, 0.6) is 0 Å². The molecule has 14 heavy (non-hydrogen) atoms. The van der Waals surface area contributed by atoms with Crippen LogP contribution in [0, 0.1) is 5.92 Å². The van der Waals surface area contributed by atoms with Crippen LogP contribution in [0.3, 0.4) is 0 Å². The van der Waals surface area contributed by atoms with Gasteiger partial charge in [0.1, 0.15) is 5.69 Å². The maximum atomic E-state index is 11.5. The summed E-state index contributed by atoms with van der Waals surface area (Å²) in [5.41, 5.74) is 4.82. The Labute approximate surface area is 81.8 Å². The van der Waals surface area contributed by atoms with Gasteiger partial charge in [0.05, 0.1) is 0 Å². The fourth-order valence-corrected chi connectivity index (χ4v) is 1.28. The number of nitrogens with zero attached hydrogens (tertiary/aromatic N) is 2. The topological polar surface area (TPSA) is 70.0 Å². The van der Waals surface area contributed by atoms with Crippen LogP contribution in [0.2, 0.25) is 0 Å². The van der Waals surface area contributed by atoms with E-state index in [1.165, 1.54) is 17.8 Å². The number of hydrogen-bond donors (Lipinski definition) is 1. The van der Waals surface area contributed by atoms with Crippen LogP contribution in [0.4, 0.5) is 5.69 Å². The monoisotopic (exact) mass is 197 g/mol. The van der Waals surface area contributed by atoms with E-state index >= 15 is 0 Å². The minimum Gasteiger partial charge on any atom is -0.393 e. The van der Waals surface area contributed by atoms with Crippen molar-refractivity contribution in [1.82, 2.24) is 9.13 Å². The standard InChI is InChI=1S/C9H15N3O2/c1-6(2)4-12-5-7(10)8(13)11(3)9(12)14/h5-6H,4,10H2,1-3H3. The zero-order valence-electron chi connectivity index (χ0n) is 8.65. The Morgan fingerprint density at radius 1 is 1.43 bits per heavy atom. The molecule has 0 aromatic carbocycles. The van der Waals surface area contributed by atoms with Crippen molar-refractivity contribution in [2.45, 2.75) is 20.4 Å². The van der Waals surface area contributed by atoms with Crippen LogP contribution in [-0.2, 0) is 13.6 Å². The summed E-state index contributed by atoms with van der Waals surface area (Å²) in [5.74, 6) is 0.338. The molecule has 0 radical (unpaired) electrons. The maximum Gasteiger partial charge on any atom is 0.330 e. The van der Waals surface area contributed by atoms with Gasteiger partial charge in [-0.1, -0.05) is 13.8 Å². The first-order valence-electron chi connectivity index (χ1n) is 4.49. The van der Waals surface area contributed by atoms with E-state index in [0.717, 1.165) is 4.57 Å². The lowest BCUT2D eigenvalue weighted by atomic mass is 10.2. The molecular formula is C9H15N3O2. The van der Waals surface area contributed by atoms with Crippen LogP contribution in [0.25, 0.3) is 0 Å². The third-order valence-electron chi connectivity index (χ3n) is 1.94. The van der Waals surface area contributed by atoms with E-state index in [-0.39, 0.29) is 11.4 Å². The summed E-state index contributed by atoms with van der Waals surface area (Å²) in [5, 5.41) is 0. The van der Waals surface area contributed by atoms with Crippen LogP contribution in [-0.4, -0.2) is 9.13 Å². The second-order valence-corrected chi connectivity index (χ2v) is 3.78. The van der Waals surface area contributed by atoms with E-state index < -0.39 is 5.56 Å². The van der Waals surface area contributed by atoms with Gasteiger partial charge in [0, 0.05) is 19.8 Å². The Morgan fingerprint density at radius 2 is 2.00 bits per heavy atom. The average Bonchev–Trinajstić information content (AvgIpc) is 2.10. The van der Waals surface area contributed by atoms with E-state index in [4.69, 9.17) is 5.73 Å². The zero-order valence-corrected chi connectivity index (χ0v) is 8.65. The van der Waals surface area contributed by atoms with Crippen LogP contribution < -0.4 is 17.0 Å². The molecule has 0 fully saturated rings. The summed E-state index contributed by atoms with van der Waals surface area (Å²) in [6.07, 6.45) is 1.41. The fraction of sp³-hybridized carbons (Fsp3) is 0.556. The molecule has 1 heterocycles. The summed E-state index contributed by atoms with van der Waals surface area (Å²) in [4.78, 5) is 22.8. The fourth-order valence-electron chi connectivity index (χ4n) is 1.28. The molecule has 5 heteroatoms. The second kappa shape index (κ2) is 3.69. The molecule has 0 spiro atoms. The van der Waals surface area contributed by atoms with E-state index in [1.54, 1.807) is 0 Å². The van der Waals surface area contributed by atoms with Gasteiger partial charge in [0.2, 0.25) is 0 Å². The summed E-state index contributed by atoms with van der Waals surface area (Å²) < 4.78 is 2.49. The van der Waals surface area contributed by atoms with Crippen molar-refractivity contribution < 1.29 is 0 Å². The van der Waals surface area contributed by atoms with Crippen LogP contribution in [0.15, 0.2) is 15.8 Å². The summed E-state index contributed by atoms with van der Waals surface area (Å²) in [7, 11) is 1.43. The van der Waals surface area contributed by atoms with Crippen molar-refractivity contribution in [3.8, 4) is 0 Å². The molecule has 0 unspecified atom stereocenters. The first-order chi connectivity index (χ1) is 6.43. The molecule has 0 aliphatic carbocycles. The smallest absolute Gasteiger partial charge is 0.330 e. The van der Waals surface area contributed by atoms with Crippen molar-refractivity contribution in [3.63, 3.8) is 0 Å². The van der Waals surface area contributed by atoms with Crippen molar-refractivity contribution in [2.75, 3.05) is 5.73 Å². The molecule has 0 bridgehead atoms. The Morgan fingerprint density at radius 3 is 2.50 bits per heavy atom. The lowest BCUT2D eigenvalue weighted by Gasteiger charge is -2.10. The van der Waals surface area contributed by atoms with E-state index in [1.807, 2.05) is 13.8 Å². The molecule has 5 nitrogen and oxygen atoms in total. The lowest BCUT2D eigenvalue weighted by molar-refractivity contribution is 0.489. The minimum absolute atomic E-state index is 0.104. The molecule has 78 valence electrons. The molecule has 1 rings (SSSR count). The number of aromatic nitrogens is 2. The Balaban J connectivity index is 3.34. The Kier molecular flexibility index (Phi) is 2.78. The molecule has 0 saturated heterocycles. The van der Waals surface area contributed by atoms with Crippen LogP contribution in [0.1, 0.15) is 13.8 Å². The predicted octanol–water partition coefficient (Wildman–Crippen LogP) is -0.215. The first kappa shape index (κ1) is 10.6. The average molecular weight is 197 g/mol. The number of anilines is 1. The van der Waals surface area contributed by atoms with Crippen molar-refractivity contribution in [1.29, 1.82) is 0 Å². The molecule has 0 saturated carbocycles. The summed E-state index contributed by atoms with van der Waals surface area (Å²) in [6, 6.07) is 0. The van der Waals surface area contributed by atoms with E-state index in [0.29, 0.717) is 12.5 Å². The van der Waals surface area contributed by atoms with Crippen molar-refractivity contribution in [3.05, 3.63) is 27.0 Å². The van der Waals surface area contributed by atoms with Crippen molar-refractivity contribution >= 4 is 5.69 Å². The number of nitrogen functional groups attached to an aromatic ring is 1. The molecule has 0 aliphatic rings. The first-order valence-corrected chi connectivity index (χ1v) is 4.49. The second-order valence-electron chi connectivity index (χ2n) is 3.78. The predicted molar refractivity (Wildman–Crippen MR) is 55.2 cm³/mol. The van der Waals surface area contributed by atoms with Gasteiger partial charge in [-0.25, -0.2) is 4.79 Å². The molecule has 0 aliphatic heterocycles. The normalized spacial score (nSPS) is 10.9. The van der Waals surface area contributed by atoms with Gasteiger partial charge in [0.15, 0.2) is 0 Å². The van der Waals surface area contributed by atoms with Gasteiger partial charge in [-0.15, -0.1) is 0 Å². The van der Waals surface area contributed by atoms with Gasteiger partial charge in [-0.2, -0.15) is 0 Å². The number of nitrogens with two attached hydrogens (primary N) is 1. The highest BCUT2D eigenvalue weighted by Gasteiger charge is 2.06. The summed E-state index contributed by atoms with van der Waals surface area (Å²) in [6.45, 7) is 4.55. The van der Waals surface area contributed by atoms with Crippen LogP contribution >= 0.6 is 0 Å². The highest BCUT2D eigenvalue weighted by Crippen LogP contribution is 1.96. The van der Waals surface area contributed by atoms with Gasteiger partial charge in [-0.3, -0.25) is 13.9 Å². The third-order valence-corrected chi connectivity index (χ3v) is 1.94. The quantitative estimate of drug-likeness (QED) is 0.713. The minimum atomic E-state index is -0.435. The third kappa shape index (κ3) is 1.86. The molecule has 1 aromatic heterocycles. The highest BCUT2D eigenvalue weighted by atomic mass is 16.2. The Hall–Kier alpha value is -1.52. The maximum absolute atomic E-state index is 11.5. The summed E-state index contributed by atoms with van der Waals surface area (Å²) >= 11 is 0. The van der Waals surface area contributed by atoms with Crippen molar-refractivity contribution in [2.24, 2.45) is 13.0 Å². The molecule has 0 amide bonds. The van der Waals surface area contributed by atoms with E-state index in [2.05, 4.69) is 0 Å². The van der Waals surface area contributed by atoms with Gasteiger partial charge >= 0.3 is 5.69 Å². The number of rotatable bonds is 2. The molecule has 1 aromatic rings. The molecular weight excluding hydrogens is 182 g/mol. The van der Waals surface area contributed by atoms with Gasteiger partial charge in [0.25, 0.3) is 5.56 Å². The van der Waals surface area contributed by atoms with Gasteiger partial charge in [-0.05, 0) is 5.92 Å². The SMILES string of the molecule is CC(C)Cn1cc(N)c(=O)n(C)c1=O. The molecule has 0 atom stereocenters.